The smallest absolute Gasteiger partial charge is 0.455 e. The number of furan rings is 1. The van der Waals surface area contributed by atoms with E-state index < -0.39 is 0 Å². The van der Waals surface area contributed by atoms with Crippen molar-refractivity contribution in [2.24, 2.45) is 0 Å². The standard InChI is InChI=1S/C24H23BO3/c1-23(2)24(3,4)28-25(27-23)17-13-14-21-20(15-17)19-12-8-11-18(22(19)26-21)16-9-6-5-7-10-16/h5-15H,1-4H3. The van der Waals surface area contributed by atoms with Gasteiger partial charge in [-0.2, -0.15) is 0 Å². The third-order valence-electron chi connectivity index (χ3n) is 6.13. The zero-order chi connectivity index (χ0) is 19.5. The molecule has 2 heterocycles. The van der Waals surface area contributed by atoms with E-state index in [4.69, 9.17) is 13.7 Å². The molecule has 0 N–H and O–H groups in total. The van der Waals surface area contributed by atoms with Gasteiger partial charge in [-0.25, -0.2) is 0 Å². The molecule has 0 spiro atoms. The van der Waals surface area contributed by atoms with Crippen molar-refractivity contribution in [2.45, 2.75) is 38.9 Å². The van der Waals surface area contributed by atoms with Crippen LogP contribution in [0.2, 0.25) is 0 Å². The predicted octanol–water partition coefficient (Wildman–Crippen LogP) is 5.55. The van der Waals surface area contributed by atoms with E-state index in [2.05, 4.69) is 64.1 Å². The highest BCUT2D eigenvalue weighted by Gasteiger charge is 2.51. The monoisotopic (exact) mass is 370 g/mol. The van der Waals surface area contributed by atoms with Crippen molar-refractivity contribution in [3.63, 3.8) is 0 Å². The lowest BCUT2D eigenvalue weighted by molar-refractivity contribution is 0.00578. The third kappa shape index (κ3) is 2.60. The second-order valence-corrected chi connectivity index (χ2v) is 8.49. The number of para-hydroxylation sites is 1. The van der Waals surface area contributed by atoms with Gasteiger partial charge in [0.2, 0.25) is 0 Å². The van der Waals surface area contributed by atoms with Gasteiger partial charge in [0.25, 0.3) is 0 Å². The largest absolute Gasteiger partial charge is 0.494 e. The van der Waals surface area contributed by atoms with Crippen LogP contribution in [0.5, 0.6) is 0 Å². The summed E-state index contributed by atoms with van der Waals surface area (Å²) in [5, 5.41) is 2.19. The quantitative estimate of drug-likeness (QED) is 0.434. The lowest BCUT2D eigenvalue weighted by Gasteiger charge is -2.32. The van der Waals surface area contributed by atoms with Gasteiger partial charge in [-0.15, -0.1) is 0 Å². The van der Waals surface area contributed by atoms with E-state index in [-0.39, 0.29) is 18.3 Å². The Morgan fingerprint density at radius 3 is 2.14 bits per heavy atom. The highest BCUT2D eigenvalue weighted by atomic mass is 16.7. The molecule has 3 aromatic carbocycles. The van der Waals surface area contributed by atoms with E-state index in [9.17, 15) is 0 Å². The van der Waals surface area contributed by atoms with Crippen molar-refractivity contribution in [3.8, 4) is 11.1 Å². The average Bonchev–Trinajstić information content (AvgIpc) is 3.15. The Bertz CT molecular complexity index is 1160. The van der Waals surface area contributed by atoms with Crippen molar-refractivity contribution >= 4 is 34.5 Å². The number of benzene rings is 3. The van der Waals surface area contributed by atoms with Crippen LogP contribution in [0.1, 0.15) is 27.7 Å². The fourth-order valence-electron chi connectivity index (χ4n) is 3.79. The van der Waals surface area contributed by atoms with Gasteiger partial charge in [0, 0.05) is 16.3 Å². The second kappa shape index (κ2) is 5.97. The summed E-state index contributed by atoms with van der Waals surface area (Å²) in [5.41, 5.74) is 4.34. The molecule has 4 heteroatoms. The zero-order valence-corrected chi connectivity index (χ0v) is 16.7. The first-order valence-corrected chi connectivity index (χ1v) is 9.72. The topological polar surface area (TPSA) is 31.6 Å². The lowest BCUT2D eigenvalue weighted by Crippen LogP contribution is -2.41. The molecule has 5 rings (SSSR count). The Hall–Kier alpha value is -2.56. The fraction of sp³-hybridized carbons (Fsp3) is 0.250. The van der Waals surface area contributed by atoms with Crippen LogP contribution in [0, 0.1) is 0 Å². The molecule has 1 aromatic heterocycles. The summed E-state index contributed by atoms with van der Waals surface area (Å²) in [7, 11) is -0.378. The summed E-state index contributed by atoms with van der Waals surface area (Å²) in [6.07, 6.45) is 0. The average molecular weight is 370 g/mol. The lowest BCUT2D eigenvalue weighted by atomic mass is 9.78. The van der Waals surface area contributed by atoms with E-state index in [1.807, 2.05) is 30.3 Å². The third-order valence-corrected chi connectivity index (χ3v) is 6.13. The van der Waals surface area contributed by atoms with Crippen molar-refractivity contribution < 1.29 is 13.7 Å². The molecule has 4 aromatic rings. The van der Waals surface area contributed by atoms with E-state index in [1.165, 1.54) is 0 Å². The SMILES string of the molecule is CC1(C)OB(c2ccc3oc4c(-c5ccccc5)cccc4c3c2)OC1(C)C. The molecule has 0 radical (unpaired) electrons. The molecule has 0 amide bonds. The highest BCUT2D eigenvalue weighted by Crippen LogP contribution is 2.38. The molecule has 1 aliphatic heterocycles. The molecule has 28 heavy (non-hydrogen) atoms. The molecule has 1 fully saturated rings. The summed E-state index contributed by atoms with van der Waals surface area (Å²) in [5.74, 6) is 0. The molecular formula is C24H23BO3. The highest BCUT2D eigenvalue weighted by molar-refractivity contribution is 6.62. The van der Waals surface area contributed by atoms with Gasteiger partial charge < -0.3 is 13.7 Å². The number of hydrogen-bond donors (Lipinski definition) is 0. The molecule has 0 aliphatic carbocycles. The van der Waals surface area contributed by atoms with Crippen LogP contribution in [0.3, 0.4) is 0 Å². The molecular weight excluding hydrogens is 347 g/mol. The molecule has 3 nitrogen and oxygen atoms in total. The predicted molar refractivity (Wildman–Crippen MR) is 115 cm³/mol. The van der Waals surface area contributed by atoms with E-state index in [0.717, 1.165) is 38.5 Å². The van der Waals surface area contributed by atoms with Crippen molar-refractivity contribution in [1.29, 1.82) is 0 Å². The van der Waals surface area contributed by atoms with Crippen molar-refractivity contribution in [2.75, 3.05) is 0 Å². The summed E-state index contributed by atoms with van der Waals surface area (Å²) in [4.78, 5) is 0. The molecule has 0 bridgehead atoms. The minimum Gasteiger partial charge on any atom is -0.455 e. The molecule has 1 saturated heterocycles. The Balaban J connectivity index is 1.64. The maximum absolute atomic E-state index is 6.26. The Morgan fingerprint density at radius 1 is 0.714 bits per heavy atom. The Morgan fingerprint density at radius 2 is 1.43 bits per heavy atom. The maximum Gasteiger partial charge on any atom is 0.494 e. The van der Waals surface area contributed by atoms with Crippen LogP contribution >= 0.6 is 0 Å². The van der Waals surface area contributed by atoms with Crippen molar-refractivity contribution in [3.05, 3.63) is 66.7 Å². The van der Waals surface area contributed by atoms with Gasteiger partial charge in [-0.1, -0.05) is 60.7 Å². The number of fused-ring (bicyclic) bond motifs is 3. The molecule has 140 valence electrons. The number of hydrogen-bond acceptors (Lipinski definition) is 3. The minimum absolute atomic E-state index is 0.356. The number of rotatable bonds is 2. The first-order valence-electron chi connectivity index (χ1n) is 9.72. The van der Waals surface area contributed by atoms with Gasteiger partial charge in [0.05, 0.1) is 11.2 Å². The zero-order valence-electron chi connectivity index (χ0n) is 16.7. The summed E-state index contributed by atoms with van der Waals surface area (Å²) < 4.78 is 18.7. The molecule has 0 saturated carbocycles. The van der Waals surface area contributed by atoms with Gasteiger partial charge in [-0.3, -0.25) is 0 Å². The molecule has 0 atom stereocenters. The first-order chi connectivity index (χ1) is 13.4. The van der Waals surface area contributed by atoms with Gasteiger partial charge >= 0.3 is 7.12 Å². The van der Waals surface area contributed by atoms with Gasteiger partial charge in [0.1, 0.15) is 11.2 Å². The maximum atomic E-state index is 6.26. The molecule has 1 aliphatic rings. The minimum atomic E-state index is -0.378. The first kappa shape index (κ1) is 17.5. The Labute approximate surface area is 165 Å². The Kier molecular flexibility index (Phi) is 3.74. The fourth-order valence-corrected chi connectivity index (χ4v) is 3.79. The van der Waals surface area contributed by atoms with E-state index in [0.29, 0.717) is 0 Å². The van der Waals surface area contributed by atoms with Crippen LogP contribution in [0.4, 0.5) is 0 Å². The summed E-state index contributed by atoms with van der Waals surface area (Å²) >= 11 is 0. The van der Waals surface area contributed by atoms with Gasteiger partial charge in [0.15, 0.2) is 0 Å². The van der Waals surface area contributed by atoms with Crippen LogP contribution in [-0.2, 0) is 9.31 Å². The van der Waals surface area contributed by atoms with Crippen molar-refractivity contribution in [1.82, 2.24) is 0 Å². The normalized spacial score (nSPS) is 18.2. The molecule has 0 unspecified atom stereocenters. The summed E-state index contributed by atoms with van der Waals surface area (Å²) in [6, 6.07) is 22.8. The van der Waals surface area contributed by atoms with Gasteiger partial charge in [-0.05, 0) is 44.8 Å². The van der Waals surface area contributed by atoms with E-state index >= 15 is 0 Å². The summed E-state index contributed by atoms with van der Waals surface area (Å²) in [6.45, 7) is 8.30. The van der Waals surface area contributed by atoms with Crippen LogP contribution < -0.4 is 5.46 Å². The second-order valence-electron chi connectivity index (χ2n) is 8.49. The van der Waals surface area contributed by atoms with Crippen LogP contribution in [0.25, 0.3) is 33.1 Å². The van der Waals surface area contributed by atoms with Crippen LogP contribution in [0.15, 0.2) is 71.1 Å². The van der Waals surface area contributed by atoms with Crippen LogP contribution in [-0.4, -0.2) is 18.3 Å². The van der Waals surface area contributed by atoms with E-state index in [1.54, 1.807) is 0 Å².